The Balaban J connectivity index is 0.000000308. The SMILES string of the molecule is CC.CC12CC1c1ccccc1S2. The highest BCUT2D eigenvalue weighted by atomic mass is 32.2. The molecule has 0 amide bonds. The lowest BCUT2D eigenvalue weighted by Crippen LogP contribution is -1.89. The van der Waals surface area contributed by atoms with E-state index in [1.807, 2.05) is 13.8 Å². The van der Waals surface area contributed by atoms with Gasteiger partial charge in [0.05, 0.1) is 0 Å². The molecule has 3 rings (SSSR count). The Hall–Kier alpha value is -0.430. The third kappa shape index (κ3) is 1.30. The third-order valence-corrected chi connectivity index (χ3v) is 4.33. The van der Waals surface area contributed by atoms with Crippen LogP contribution >= 0.6 is 11.8 Å². The molecule has 1 aliphatic heterocycles. The van der Waals surface area contributed by atoms with Gasteiger partial charge in [0.15, 0.2) is 0 Å². The summed E-state index contributed by atoms with van der Waals surface area (Å²) in [6.07, 6.45) is 1.40. The molecular formula is C12H16S. The zero-order valence-corrected chi connectivity index (χ0v) is 9.32. The minimum absolute atomic E-state index is 0.587. The number of fused-ring (bicyclic) bond motifs is 3. The lowest BCUT2D eigenvalue weighted by molar-refractivity contribution is 0.991. The van der Waals surface area contributed by atoms with Crippen LogP contribution in [0, 0.1) is 0 Å². The maximum atomic E-state index is 2.38. The number of hydrogen-bond acceptors (Lipinski definition) is 1. The predicted molar refractivity (Wildman–Crippen MR) is 59.4 cm³/mol. The van der Waals surface area contributed by atoms with Gasteiger partial charge in [0, 0.05) is 15.6 Å². The van der Waals surface area contributed by atoms with Crippen molar-refractivity contribution in [1.29, 1.82) is 0 Å². The van der Waals surface area contributed by atoms with E-state index in [1.54, 1.807) is 5.56 Å². The van der Waals surface area contributed by atoms with Crippen LogP contribution in [0.25, 0.3) is 0 Å². The van der Waals surface area contributed by atoms with Crippen molar-refractivity contribution < 1.29 is 0 Å². The predicted octanol–water partition coefficient (Wildman–Crippen LogP) is 4.06. The van der Waals surface area contributed by atoms with Crippen molar-refractivity contribution >= 4 is 11.8 Å². The summed E-state index contributed by atoms with van der Waals surface area (Å²) in [6, 6.07) is 8.83. The fourth-order valence-electron chi connectivity index (χ4n) is 2.01. The van der Waals surface area contributed by atoms with Gasteiger partial charge in [0.25, 0.3) is 0 Å². The van der Waals surface area contributed by atoms with Crippen molar-refractivity contribution in [2.75, 3.05) is 0 Å². The Morgan fingerprint density at radius 1 is 1.31 bits per heavy atom. The molecule has 0 radical (unpaired) electrons. The van der Waals surface area contributed by atoms with Crippen molar-refractivity contribution in [1.82, 2.24) is 0 Å². The number of rotatable bonds is 0. The summed E-state index contributed by atoms with van der Waals surface area (Å²) in [7, 11) is 0. The van der Waals surface area contributed by atoms with Gasteiger partial charge in [-0.15, -0.1) is 11.8 Å². The molecule has 0 spiro atoms. The van der Waals surface area contributed by atoms with E-state index in [9.17, 15) is 0 Å². The van der Waals surface area contributed by atoms with Gasteiger partial charge in [-0.1, -0.05) is 32.0 Å². The molecule has 1 saturated carbocycles. The van der Waals surface area contributed by atoms with E-state index in [0.29, 0.717) is 4.75 Å². The van der Waals surface area contributed by atoms with Crippen molar-refractivity contribution in [2.24, 2.45) is 0 Å². The highest BCUT2D eigenvalue weighted by molar-refractivity contribution is 8.01. The van der Waals surface area contributed by atoms with Crippen LogP contribution in [0.3, 0.4) is 0 Å². The maximum absolute atomic E-state index is 2.38. The highest BCUT2D eigenvalue weighted by Gasteiger charge is 2.56. The molecular weight excluding hydrogens is 176 g/mol. The van der Waals surface area contributed by atoms with Crippen molar-refractivity contribution in [3.8, 4) is 0 Å². The number of thioether (sulfide) groups is 1. The van der Waals surface area contributed by atoms with Crippen LogP contribution in [0.2, 0.25) is 0 Å². The molecule has 1 heteroatoms. The van der Waals surface area contributed by atoms with Gasteiger partial charge < -0.3 is 0 Å². The monoisotopic (exact) mass is 192 g/mol. The van der Waals surface area contributed by atoms with Gasteiger partial charge in [0.2, 0.25) is 0 Å². The molecule has 70 valence electrons. The first-order valence-electron chi connectivity index (χ1n) is 5.07. The van der Waals surface area contributed by atoms with Crippen LogP contribution in [-0.2, 0) is 0 Å². The minimum atomic E-state index is 0.587. The van der Waals surface area contributed by atoms with Gasteiger partial charge in [-0.25, -0.2) is 0 Å². The largest absolute Gasteiger partial charge is 0.119 e. The smallest absolute Gasteiger partial charge is 0.0254 e. The fraction of sp³-hybridized carbons (Fsp3) is 0.500. The Kier molecular flexibility index (Phi) is 2.15. The van der Waals surface area contributed by atoms with Gasteiger partial charge in [0.1, 0.15) is 0 Å². The summed E-state index contributed by atoms with van der Waals surface area (Å²) < 4.78 is 0.587. The van der Waals surface area contributed by atoms with Crippen molar-refractivity contribution in [3.05, 3.63) is 29.8 Å². The molecule has 0 N–H and O–H groups in total. The molecule has 0 saturated heterocycles. The van der Waals surface area contributed by atoms with E-state index in [4.69, 9.17) is 0 Å². The normalized spacial score (nSPS) is 32.7. The second-order valence-corrected chi connectivity index (χ2v) is 5.29. The summed E-state index contributed by atoms with van der Waals surface area (Å²) in [5.74, 6) is 0.878. The molecule has 0 bridgehead atoms. The fourth-order valence-corrected chi connectivity index (χ4v) is 3.51. The Bertz CT molecular complexity index is 319. The maximum Gasteiger partial charge on any atom is 0.0254 e. The average Bonchev–Trinajstić information content (AvgIpc) is 2.74. The zero-order chi connectivity index (χ0) is 9.47. The van der Waals surface area contributed by atoms with Gasteiger partial charge in [-0.3, -0.25) is 0 Å². The van der Waals surface area contributed by atoms with Crippen LogP contribution in [0.4, 0.5) is 0 Å². The number of benzene rings is 1. The summed E-state index contributed by atoms with van der Waals surface area (Å²) in [5, 5.41) is 0. The molecule has 1 heterocycles. The molecule has 0 aromatic heterocycles. The van der Waals surface area contributed by atoms with E-state index in [-0.39, 0.29) is 0 Å². The topological polar surface area (TPSA) is 0 Å². The lowest BCUT2D eigenvalue weighted by Gasteiger charge is -2.01. The van der Waals surface area contributed by atoms with E-state index >= 15 is 0 Å². The van der Waals surface area contributed by atoms with Crippen LogP contribution in [0.5, 0.6) is 0 Å². The van der Waals surface area contributed by atoms with E-state index < -0.39 is 0 Å². The number of hydrogen-bond donors (Lipinski definition) is 0. The zero-order valence-electron chi connectivity index (χ0n) is 8.50. The first kappa shape index (κ1) is 9.14. The van der Waals surface area contributed by atoms with Crippen LogP contribution in [-0.4, -0.2) is 4.75 Å². The second-order valence-electron chi connectivity index (χ2n) is 3.71. The van der Waals surface area contributed by atoms with E-state index in [2.05, 4.69) is 43.0 Å². The van der Waals surface area contributed by atoms with Crippen molar-refractivity contribution in [2.45, 2.75) is 42.8 Å². The van der Waals surface area contributed by atoms with Crippen molar-refractivity contribution in [3.63, 3.8) is 0 Å². The summed E-state index contributed by atoms with van der Waals surface area (Å²) in [6.45, 7) is 6.38. The summed E-state index contributed by atoms with van der Waals surface area (Å²) in [5.41, 5.74) is 1.60. The van der Waals surface area contributed by atoms with Gasteiger partial charge in [-0.05, 0) is 25.0 Å². The van der Waals surface area contributed by atoms with E-state index in [1.165, 1.54) is 11.3 Å². The Morgan fingerprint density at radius 2 is 2.00 bits per heavy atom. The molecule has 1 aliphatic carbocycles. The minimum Gasteiger partial charge on any atom is -0.119 e. The van der Waals surface area contributed by atoms with Gasteiger partial charge >= 0.3 is 0 Å². The Labute approximate surface area is 84.7 Å². The van der Waals surface area contributed by atoms with Crippen LogP contribution in [0.15, 0.2) is 29.2 Å². The molecule has 1 aromatic carbocycles. The quantitative estimate of drug-likeness (QED) is 0.597. The molecule has 2 atom stereocenters. The molecule has 1 aromatic rings. The van der Waals surface area contributed by atoms with Gasteiger partial charge in [-0.2, -0.15) is 0 Å². The molecule has 2 unspecified atom stereocenters. The standard InChI is InChI=1S/C10H10S.C2H6/c1-10-6-8(10)7-4-2-3-5-9(7)11-10;1-2/h2-5,8H,6H2,1H3;1-2H3. The molecule has 0 nitrogen and oxygen atoms in total. The first-order valence-corrected chi connectivity index (χ1v) is 5.89. The highest BCUT2D eigenvalue weighted by Crippen LogP contribution is 2.69. The summed E-state index contributed by atoms with van der Waals surface area (Å²) >= 11 is 2.07. The lowest BCUT2D eigenvalue weighted by atomic mass is 10.1. The third-order valence-electron chi connectivity index (χ3n) is 2.82. The average molecular weight is 192 g/mol. The molecule has 2 aliphatic rings. The van der Waals surface area contributed by atoms with Crippen LogP contribution in [0.1, 0.15) is 38.7 Å². The first-order chi connectivity index (χ1) is 6.30. The van der Waals surface area contributed by atoms with Crippen LogP contribution < -0.4 is 0 Å². The molecule has 13 heavy (non-hydrogen) atoms. The Morgan fingerprint density at radius 3 is 2.69 bits per heavy atom. The molecule has 1 fully saturated rings. The second kappa shape index (κ2) is 3.06. The van der Waals surface area contributed by atoms with E-state index in [0.717, 1.165) is 5.92 Å². The summed E-state index contributed by atoms with van der Waals surface area (Å²) in [4.78, 5) is 1.52.